The van der Waals surface area contributed by atoms with Crippen LogP contribution in [0, 0.1) is 0 Å². The molecule has 0 aromatic heterocycles. The van der Waals surface area contributed by atoms with Crippen LogP contribution in [-0.4, -0.2) is 58.0 Å². The van der Waals surface area contributed by atoms with Crippen molar-refractivity contribution in [2.24, 2.45) is 0 Å². The maximum atomic E-state index is 14.0. The fourth-order valence-electron chi connectivity index (χ4n) is 4.00. The standard InChI is InChI=1S/C29H34BrN3O6S/c1-20(2)31-29(35)21(3)32(18-22-11-13-23(30)14-12-22)28(34)19-33(40(36,37)25-9-7-6-8-10-25)26-17-24(38-4)15-16-27(26)39-5/h6-17,20-21H,18-19H2,1-5H3,(H,31,35)/t21-/m0/s1. The van der Waals surface area contributed by atoms with E-state index in [1.165, 1.54) is 37.3 Å². The molecule has 40 heavy (non-hydrogen) atoms. The minimum Gasteiger partial charge on any atom is -0.497 e. The van der Waals surface area contributed by atoms with Gasteiger partial charge < -0.3 is 19.7 Å². The third-order valence-electron chi connectivity index (χ3n) is 6.13. The van der Waals surface area contributed by atoms with Crippen LogP contribution in [0.1, 0.15) is 26.3 Å². The Balaban J connectivity index is 2.10. The highest BCUT2D eigenvalue weighted by Crippen LogP contribution is 2.36. The first-order valence-corrected chi connectivity index (χ1v) is 14.8. The first kappa shape index (κ1) is 31.0. The highest BCUT2D eigenvalue weighted by atomic mass is 79.9. The lowest BCUT2D eigenvalue weighted by molar-refractivity contribution is -0.139. The number of hydrogen-bond donors (Lipinski definition) is 1. The molecule has 1 atom stereocenters. The molecule has 0 heterocycles. The number of anilines is 1. The van der Waals surface area contributed by atoms with Crippen LogP contribution in [0.3, 0.4) is 0 Å². The number of sulfonamides is 1. The molecule has 0 unspecified atom stereocenters. The lowest BCUT2D eigenvalue weighted by Crippen LogP contribution is -2.52. The van der Waals surface area contributed by atoms with Crippen molar-refractivity contribution in [3.05, 3.63) is 82.8 Å². The van der Waals surface area contributed by atoms with Crippen molar-refractivity contribution in [3.63, 3.8) is 0 Å². The average Bonchev–Trinajstić information content (AvgIpc) is 2.94. The number of carbonyl (C=O) groups excluding carboxylic acids is 2. The summed E-state index contributed by atoms with van der Waals surface area (Å²) in [5, 5.41) is 2.84. The first-order valence-electron chi connectivity index (χ1n) is 12.6. The van der Waals surface area contributed by atoms with Crippen LogP contribution >= 0.6 is 15.9 Å². The third kappa shape index (κ3) is 7.54. The van der Waals surface area contributed by atoms with E-state index in [-0.39, 0.29) is 34.8 Å². The van der Waals surface area contributed by atoms with E-state index < -0.39 is 28.5 Å². The van der Waals surface area contributed by atoms with Gasteiger partial charge in [0.25, 0.3) is 10.0 Å². The zero-order chi connectivity index (χ0) is 29.4. The summed E-state index contributed by atoms with van der Waals surface area (Å²) in [7, 11) is -1.36. The summed E-state index contributed by atoms with van der Waals surface area (Å²) < 4.78 is 40.6. The maximum Gasteiger partial charge on any atom is 0.264 e. The molecule has 11 heteroatoms. The van der Waals surface area contributed by atoms with Crippen LogP contribution in [0.5, 0.6) is 11.5 Å². The van der Waals surface area contributed by atoms with E-state index in [1.54, 1.807) is 37.3 Å². The van der Waals surface area contributed by atoms with E-state index >= 15 is 0 Å². The van der Waals surface area contributed by atoms with Crippen molar-refractivity contribution in [3.8, 4) is 11.5 Å². The number of benzene rings is 3. The minimum absolute atomic E-state index is 0.00210. The Morgan fingerprint density at radius 1 is 0.925 bits per heavy atom. The zero-order valence-electron chi connectivity index (χ0n) is 23.1. The van der Waals surface area contributed by atoms with Gasteiger partial charge in [0.05, 0.1) is 24.8 Å². The second-order valence-corrected chi connectivity index (χ2v) is 12.1. The van der Waals surface area contributed by atoms with Crippen molar-refractivity contribution >= 4 is 43.5 Å². The van der Waals surface area contributed by atoms with Gasteiger partial charge >= 0.3 is 0 Å². The van der Waals surface area contributed by atoms with Crippen LogP contribution < -0.4 is 19.1 Å². The molecule has 3 rings (SSSR count). The summed E-state index contributed by atoms with van der Waals surface area (Å²) in [6.07, 6.45) is 0. The van der Waals surface area contributed by atoms with Gasteiger partial charge in [-0.3, -0.25) is 13.9 Å². The minimum atomic E-state index is -4.24. The molecule has 0 radical (unpaired) electrons. The molecule has 0 fully saturated rings. The summed E-state index contributed by atoms with van der Waals surface area (Å²) in [6.45, 7) is 4.78. The molecule has 3 aromatic rings. The number of rotatable bonds is 12. The van der Waals surface area contributed by atoms with E-state index in [4.69, 9.17) is 9.47 Å². The predicted molar refractivity (Wildman–Crippen MR) is 158 cm³/mol. The van der Waals surface area contributed by atoms with Gasteiger partial charge in [-0.25, -0.2) is 8.42 Å². The van der Waals surface area contributed by atoms with Crippen molar-refractivity contribution in [1.82, 2.24) is 10.2 Å². The van der Waals surface area contributed by atoms with Crippen molar-refractivity contribution < 1.29 is 27.5 Å². The number of ether oxygens (including phenoxy) is 2. The third-order valence-corrected chi connectivity index (χ3v) is 8.43. The normalized spacial score (nSPS) is 12.0. The monoisotopic (exact) mass is 631 g/mol. The number of halogens is 1. The topological polar surface area (TPSA) is 105 Å². The van der Waals surface area contributed by atoms with Gasteiger partial charge in [0.2, 0.25) is 11.8 Å². The summed E-state index contributed by atoms with van der Waals surface area (Å²) in [5.41, 5.74) is 0.902. The fraction of sp³-hybridized carbons (Fsp3) is 0.310. The number of hydrogen-bond acceptors (Lipinski definition) is 6. The molecule has 1 N–H and O–H groups in total. The molecule has 0 bridgehead atoms. The van der Waals surface area contributed by atoms with Crippen LogP contribution in [0.4, 0.5) is 5.69 Å². The first-order chi connectivity index (χ1) is 19.0. The molecule has 0 aliphatic rings. The second-order valence-electron chi connectivity index (χ2n) is 9.35. The molecule has 9 nitrogen and oxygen atoms in total. The highest BCUT2D eigenvalue weighted by molar-refractivity contribution is 9.10. The number of methoxy groups -OCH3 is 2. The number of nitrogens with zero attached hydrogens (tertiary/aromatic N) is 2. The zero-order valence-corrected chi connectivity index (χ0v) is 25.5. The summed E-state index contributed by atoms with van der Waals surface area (Å²) >= 11 is 3.41. The van der Waals surface area contributed by atoms with Gasteiger partial charge in [0.1, 0.15) is 24.1 Å². The van der Waals surface area contributed by atoms with Crippen LogP contribution in [0.2, 0.25) is 0 Å². The largest absolute Gasteiger partial charge is 0.497 e. The maximum absolute atomic E-state index is 14.0. The van der Waals surface area contributed by atoms with Gasteiger partial charge in [0, 0.05) is 23.1 Å². The Hall–Kier alpha value is -3.57. The summed E-state index contributed by atoms with van der Waals surface area (Å²) in [4.78, 5) is 28.4. The Bertz CT molecular complexity index is 1420. The molecule has 0 saturated heterocycles. The van der Waals surface area contributed by atoms with Crippen LogP contribution in [-0.2, 0) is 26.2 Å². The Labute approximate surface area is 244 Å². The van der Waals surface area contributed by atoms with E-state index in [0.717, 1.165) is 14.3 Å². The lowest BCUT2D eigenvalue weighted by atomic mass is 10.1. The summed E-state index contributed by atoms with van der Waals surface area (Å²) in [5.74, 6) is -0.304. The van der Waals surface area contributed by atoms with Gasteiger partial charge in [-0.1, -0.05) is 46.3 Å². The molecule has 0 spiro atoms. The molecule has 214 valence electrons. The summed E-state index contributed by atoms with van der Waals surface area (Å²) in [6, 6.07) is 18.9. The van der Waals surface area contributed by atoms with Crippen molar-refractivity contribution in [1.29, 1.82) is 0 Å². The van der Waals surface area contributed by atoms with Gasteiger partial charge in [-0.05, 0) is 62.7 Å². The van der Waals surface area contributed by atoms with Crippen molar-refractivity contribution in [2.75, 3.05) is 25.1 Å². The van der Waals surface area contributed by atoms with Crippen LogP contribution in [0.25, 0.3) is 0 Å². The van der Waals surface area contributed by atoms with Crippen LogP contribution in [0.15, 0.2) is 82.2 Å². The number of carbonyl (C=O) groups is 2. The lowest BCUT2D eigenvalue weighted by Gasteiger charge is -2.32. The fourth-order valence-corrected chi connectivity index (χ4v) is 5.70. The smallest absolute Gasteiger partial charge is 0.264 e. The molecule has 0 saturated carbocycles. The molecule has 0 aliphatic heterocycles. The molecule has 3 aromatic carbocycles. The number of amides is 2. The molecular weight excluding hydrogens is 598 g/mol. The quantitative estimate of drug-likeness (QED) is 0.313. The van der Waals surface area contributed by atoms with Gasteiger partial charge in [0.15, 0.2) is 0 Å². The SMILES string of the molecule is COc1ccc(OC)c(N(CC(=O)N(Cc2ccc(Br)cc2)[C@@H](C)C(=O)NC(C)C)S(=O)(=O)c2ccccc2)c1. The van der Waals surface area contributed by atoms with Crippen molar-refractivity contribution in [2.45, 2.75) is 44.3 Å². The van der Waals surface area contributed by atoms with E-state index in [0.29, 0.717) is 5.75 Å². The van der Waals surface area contributed by atoms with Gasteiger partial charge in [-0.15, -0.1) is 0 Å². The number of nitrogens with one attached hydrogen (secondary N) is 1. The Morgan fingerprint density at radius 2 is 1.57 bits per heavy atom. The predicted octanol–water partition coefficient (Wildman–Crippen LogP) is 4.60. The average molecular weight is 633 g/mol. The van der Waals surface area contributed by atoms with E-state index in [9.17, 15) is 18.0 Å². The van der Waals surface area contributed by atoms with Gasteiger partial charge in [-0.2, -0.15) is 0 Å². The Kier molecular flexibility index (Phi) is 10.6. The highest BCUT2D eigenvalue weighted by Gasteiger charge is 2.34. The molecule has 0 aliphatic carbocycles. The van der Waals surface area contributed by atoms with E-state index in [2.05, 4.69) is 21.2 Å². The van der Waals surface area contributed by atoms with E-state index in [1.807, 2.05) is 38.1 Å². The molecular formula is C29H34BrN3O6S. The second kappa shape index (κ2) is 13.7. The molecule has 2 amide bonds. The Morgan fingerprint density at radius 3 is 2.15 bits per heavy atom.